The van der Waals surface area contributed by atoms with Gasteiger partial charge in [0, 0.05) is 25.7 Å². The summed E-state index contributed by atoms with van der Waals surface area (Å²) in [5, 5.41) is 2.90. The van der Waals surface area contributed by atoms with E-state index in [1.165, 1.54) is 10.6 Å². The number of nitrogens with two attached hydrogens (primary N) is 1. The first-order valence-corrected chi connectivity index (χ1v) is 8.86. The number of piperidine rings is 1. The number of nitrogens with zero attached hydrogens (tertiary/aromatic N) is 1. The van der Waals surface area contributed by atoms with Crippen molar-refractivity contribution in [2.24, 2.45) is 5.73 Å². The zero-order valence-electron chi connectivity index (χ0n) is 11.7. The summed E-state index contributed by atoms with van der Waals surface area (Å²) in [4.78, 5) is 12.1. The van der Waals surface area contributed by atoms with Crippen molar-refractivity contribution in [2.75, 3.05) is 25.9 Å². The van der Waals surface area contributed by atoms with Gasteiger partial charge in [0.15, 0.2) is 0 Å². The first kappa shape index (κ1) is 15.7. The van der Waals surface area contributed by atoms with Crippen LogP contribution in [0.2, 0.25) is 0 Å². The molecule has 1 amide bonds. The first-order chi connectivity index (χ1) is 9.40. The molecule has 2 rings (SSSR count). The number of nitrogens with one attached hydrogen (secondary N) is 1. The van der Waals surface area contributed by atoms with E-state index in [0.717, 1.165) is 19.3 Å². The largest absolute Gasteiger partial charge is 0.364 e. The molecule has 0 aliphatic carbocycles. The van der Waals surface area contributed by atoms with Gasteiger partial charge in [0.05, 0.1) is 12.4 Å². The lowest BCUT2D eigenvalue weighted by Crippen LogP contribution is -2.51. The Kier molecular flexibility index (Phi) is 5.00. The SMILES string of the molecule is CS(=O)(=O)N1CCCC(NC(=O)[C@@H]2CC[C@H](CN)O2)C1. The molecule has 0 aromatic heterocycles. The Morgan fingerprint density at radius 2 is 2.15 bits per heavy atom. The number of amides is 1. The minimum Gasteiger partial charge on any atom is -0.364 e. The first-order valence-electron chi connectivity index (χ1n) is 7.01. The van der Waals surface area contributed by atoms with Gasteiger partial charge in [0.25, 0.3) is 0 Å². The van der Waals surface area contributed by atoms with Gasteiger partial charge >= 0.3 is 0 Å². The van der Waals surface area contributed by atoms with E-state index in [4.69, 9.17) is 10.5 Å². The predicted octanol–water partition coefficient (Wildman–Crippen LogP) is -0.967. The molecule has 3 atom stereocenters. The lowest BCUT2D eigenvalue weighted by atomic mass is 10.1. The van der Waals surface area contributed by atoms with Crippen LogP contribution in [0.25, 0.3) is 0 Å². The van der Waals surface area contributed by atoms with Crippen LogP contribution in [0.1, 0.15) is 25.7 Å². The Labute approximate surface area is 119 Å². The fourth-order valence-corrected chi connectivity index (χ4v) is 3.64. The summed E-state index contributed by atoms with van der Waals surface area (Å²) in [5.74, 6) is -0.152. The second-order valence-corrected chi connectivity index (χ2v) is 7.51. The van der Waals surface area contributed by atoms with Gasteiger partial charge in [-0.3, -0.25) is 4.79 Å². The van der Waals surface area contributed by atoms with Gasteiger partial charge in [0.1, 0.15) is 6.10 Å². The van der Waals surface area contributed by atoms with Crippen LogP contribution in [0, 0.1) is 0 Å². The number of rotatable bonds is 4. The van der Waals surface area contributed by atoms with Gasteiger partial charge in [-0.25, -0.2) is 12.7 Å². The average molecular weight is 305 g/mol. The van der Waals surface area contributed by atoms with Gasteiger partial charge in [-0.05, 0) is 25.7 Å². The van der Waals surface area contributed by atoms with Crippen molar-refractivity contribution in [3.8, 4) is 0 Å². The molecule has 2 aliphatic rings. The molecule has 0 radical (unpaired) electrons. The normalized spacial score (nSPS) is 32.2. The van der Waals surface area contributed by atoms with E-state index < -0.39 is 16.1 Å². The minimum absolute atomic E-state index is 0.0374. The van der Waals surface area contributed by atoms with E-state index >= 15 is 0 Å². The molecule has 2 fully saturated rings. The third-order valence-electron chi connectivity index (χ3n) is 3.86. The van der Waals surface area contributed by atoms with E-state index in [1.807, 2.05) is 0 Å². The highest BCUT2D eigenvalue weighted by atomic mass is 32.2. The van der Waals surface area contributed by atoms with Gasteiger partial charge in [-0.15, -0.1) is 0 Å². The van der Waals surface area contributed by atoms with Crippen LogP contribution in [0.3, 0.4) is 0 Å². The van der Waals surface area contributed by atoms with Crippen molar-refractivity contribution >= 4 is 15.9 Å². The zero-order valence-corrected chi connectivity index (χ0v) is 12.6. The topological polar surface area (TPSA) is 102 Å². The molecule has 2 saturated heterocycles. The second kappa shape index (κ2) is 6.38. The number of hydrogen-bond acceptors (Lipinski definition) is 5. The standard InChI is InChI=1S/C12H23N3O4S/c1-20(17,18)15-6-2-3-9(8-15)14-12(16)11-5-4-10(7-13)19-11/h9-11H,2-8,13H2,1H3,(H,14,16)/t9?,10-,11+/m1/s1. The number of carbonyl (C=O) groups is 1. The van der Waals surface area contributed by atoms with Gasteiger partial charge in [-0.2, -0.15) is 0 Å². The summed E-state index contributed by atoms with van der Waals surface area (Å²) in [7, 11) is -3.19. The van der Waals surface area contributed by atoms with Crippen LogP contribution in [0.5, 0.6) is 0 Å². The fourth-order valence-electron chi connectivity index (χ4n) is 2.73. The predicted molar refractivity (Wildman–Crippen MR) is 74.5 cm³/mol. The molecular formula is C12H23N3O4S. The molecule has 116 valence electrons. The Morgan fingerprint density at radius 1 is 1.40 bits per heavy atom. The van der Waals surface area contributed by atoms with E-state index in [-0.39, 0.29) is 18.1 Å². The van der Waals surface area contributed by atoms with Crippen LogP contribution >= 0.6 is 0 Å². The highest BCUT2D eigenvalue weighted by molar-refractivity contribution is 7.88. The Morgan fingerprint density at radius 3 is 2.75 bits per heavy atom. The highest BCUT2D eigenvalue weighted by Gasteiger charge is 2.33. The van der Waals surface area contributed by atoms with Crippen LogP contribution in [0.4, 0.5) is 0 Å². The average Bonchev–Trinajstić information content (AvgIpc) is 2.87. The second-order valence-electron chi connectivity index (χ2n) is 5.53. The minimum atomic E-state index is -3.19. The maximum Gasteiger partial charge on any atom is 0.249 e. The van der Waals surface area contributed by atoms with E-state index in [0.29, 0.717) is 26.1 Å². The van der Waals surface area contributed by atoms with Gasteiger partial charge < -0.3 is 15.8 Å². The van der Waals surface area contributed by atoms with Crippen molar-refractivity contribution in [1.29, 1.82) is 0 Å². The van der Waals surface area contributed by atoms with Crippen molar-refractivity contribution in [1.82, 2.24) is 9.62 Å². The smallest absolute Gasteiger partial charge is 0.249 e. The molecular weight excluding hydrogens is 282 g/mol. The number of ether oxygens (including phenoxy) is 1. The molecule has 0 aromatic rings. The van der Waals surface area contributed by atoms with E-state index in [9.17, 15) is 13.2 Å². The third-order valence-corrected chi connectivity index (χ3v) is 5.13. The van der Waals surface area contributed by atoms with Crippen molar-refractivity contribution in [3.05, 3.63) is 0 Å². The third kappa shape index (κ3) is 3.91. The van der Waals surface area contributed by atoms with Crippen LogP contribution in [-0.4, -0.2) is 62.8 Å². The monoisotopic (exact) mass is 305 g/mol. The summed E-state index contributed by atoms with van der Waals surface area (Å²) in [6.07, 6.45) is 3.75. The molecule has 0 bridgehead atoms. The van der Waals surface area contributed by atoms with Crippen molar-refractivity contribution in [3.63, 3.8) is 0 Å². The molecule has 0 saturated carbocycles. The summed E-state index contributed by atoms with van der Waals surface area (Å²) in [6.45, 7) is 1.30. The Hall–Kier alpha value is -0.700. The summed E-state index contributed by atoms with van der Waals surface area (Å²) in [6, 6.07) is -0.133. The van der Waals surface area contributed by atoms with Crippen molar-refractivity contribution in [2.45, 2.75) is 43.9 Å². The molecule has 7 nitrogen and oxygen atoms in total. The van der Waals surface area contributed by atoms with Crippen LogP contribution in [-0.2, 0) is 19.6 Å². The maximum absolute atomic E-state index is 12.1. The van der Waals surface area contributed by atoms with Crippen molar-refractivity contribution < 1.29 is 17.9 Å². The van der Waals surface area contributed by atoms with E-state index in [1.54, 1.807) is 0 Å². The van der Waals surface area contributed by atoms with Gasteiger partial charge in [-0.1, -0.05) is 0 Å². The molecule has 1 unspecified atom stereocenters. The van der Waals surface area contributed by atoms with Gasteiger partial charge in [0.2, 0.25) is 15.9 Å². The molecule has 0 aromatic carbocycles. The lowest BCUT2D eigenvalue weighted by molar-refractivity contribution is -0.132. The molecule has 2 aliphatic heterocycles. The summed E-state index contributed by atoms with van der Waals surface area (Å²) < 4.78 is 30.0. The number of hydrogen-bond donors (Lipinski definition) is 2. The maximum atomic E-state index is 12.1. The molecule has 0 spiro atoms. The lowest BCUT2D eigenvalue weighted by Gasteiger charge is -2.31. The summed E-state index contributed by atoms with van der Waals surface area (Å²) in [5.41, 5.74) is 5.52. The van der Waals surface area contributed by atoms with E-state index in [2.05, 4.69) is 5.32 Å². The molecule has 3 N–H and O–H groups in total. The Balaban J connectivity index is 1.85. The summed E-state index contributed by atoms with van der Waals surface area (Å²) >= 11 is 0. The molecule has 20 heavy (non-hydrogen) atoms. The number of carbonyl (C=O) groups excluding carboxylic acids is 1. The Bertz CT molecular complexity index is 454. The number of sulfonamides is 1. The molecule has 2 heterocycles. The zero-order chi connectivity index (χ0) is 14.8. The fraction of sp³-hybridized carbons (Fsp3) is 0.917. The van der Waals surface area contributed by atoms with Crippen LogP contribution in [0.15, 0.2) is 0 Å². The highest BCUT2D eigenvalue weighted by Crippen LogP contribution is 2.20. The van der Waals surface area contributed by atoms with Crippen LogP contribution < -0.4 is 11.1 Å². The quantitative estimate of drug-likeness (QED) is 0.696. The molecule has 8 heteroatoms.